The Morgan fingerprint density at radius 3 is 2.69 bits per heavy atom. The van der Waals surface area contributed by atoms with Crippen LogP contribution < -0.4 is 0 Å². The lowest BCUT2D eigenvalue weighted by Gasteiger charge is -2.04. The van der Waals surface area contributed by atoms with Gasteiger partial charge in [-0.2, -0.15) is 5.10 Å². The summed E-state index contributed by atoms with van der Waals surface area (Å²) in [6.45, 7) is 0. The minimum absolute atomic E-state index is 0.0591. The number of hydrogen-bond donors (Lipinski definition) is 1. The molecule has 0 aliphatic carbocycles. The van der Waals surface area contributed by atoms with Crippen LogP contribution in [0.3, 0.4) is 0 Å². The van der Waals surface area contributed by atoms with Crippen molar-refractivity contribution in [3.8, 4) is 5.69 Å². The van der Waals surface area contributed by atoms with E-state index in [0.29, 0.717) is 3.70 Å². The van der Waals surface area contributed by atoms with Gasteiger partial charge in [0.15, 0.2) is 0 Å². The van der Waals surface area contributed by atoms with Crippen molar-refractivity contribution in [1.29, 1.82) is 0 Å². The standard InChI is InChI=1S/C10H6FIN2O2/c11-7-3-1-2-4-8(7)14-9(12)6(5-13-14)10(15)16/h1-5H,(H,15,16). The van der Waals surface area contributed by atoms with E-state index < -0.39 is 11.8 Å². The Labute approximate surface area is 104 Å². The molecule has 1 heterocycles. The van der Waals surface area contributed by atoms with Crippen LogP contribution >= 0.6 is 22.6 Å². The van der Waals surface area contributed by atoms with Gasteiger partial charge in [0.25, 0.3) is 0 Å². The van der Waals surface area contributed by atoms with E-state index in [2.05, 4.69) is 5.10 Å². The molecule has 0 aliphatic heterocycles. The molecule has 0 saturated carbocycles. The highest BCUT2D eigenvalue weighted by Gasteiger charge is 2.16. The third-order valence-electron chi connectivity index (χ3n) is 2.02. The molecule has 0 bridgehead atoms. The summed E-state index contributed by atoms with van der Waals surface area (Å²) >= 11 is 1.82. The molecule has 2 rings (SSSR count). The van der Waals surface area contributed by atoms with Crippen LogP contribution in [0.15, 0.2) is 30.5 Å². The molecule has 0 aliphatic rings. The average Bonchev–Trinajstić information content (AvgIpc) is 2.61. The number of para-hydroxylation sites is 1. The monoisotopic (exact) mass is 332 g/mol. The van der Waals surface area contributed by atoms with E-state index >= 15 is 0 Å². The normalized spacial score (nSPS) is 10.4. The van der Waals surface area contributed by atoms with Crippen LogP contribution in [0.5, 0.6) is 0 Å². The number of benzene rings is 1. The van der Waals surface area contributed by atoms with Gasteiger partial charge in [0.1, 0.15) is 20.8 Å². The number of aromatic carboxylic acids is 1. The Kier molecular flexibility index (Phi) is 2.90. The molecule has 0 fully saturated rings. The Balaban J connectivity index is 2.58. The summed E-state index contributed by atoms with van der Waals surface area (Å²) in [6, 6.07) is 6.06. The summed E-state index contributed by atoms with van der Waals surface area (Å²) in [5.74, 6) is -1.52. The van der Waals surface area contributed by atoms with Gasteiger partial charge in [0.2, 0.25) is 0 Å². The van der Waals surface area contributed by atoms with Gasteiger partial charge in [-0.15, -0.1) is 0 Å². The van der Waals surface area contributed by atoms with Crippen molar-refractivity contribution < 1.29 is 14.3 Å². The number of halogens is 2. The average molecular weight is 332 g/mol. The van der Waals surface area contributed by atoms with Gasteiger partial charge in [0.05, 0.1) is 6.20 Å². The van der Waals surface area contributed by atoms with Crippen molar-refractivity contribution in [3.05, 3.63) is 45.5 Å². The SMILES string of the molecule is O=C(O)c1cnn(-c2ccccc2F)c1I. The summed E-state index contributed by atoms with van der Waals surface area (Å²) in [5.41, 5.74) is 0.295. The summed E-state index contributed by atoms with van der Waals surface area (Å²) in [6.07, 6.45) is 1.20. The van der Waals surface area contributed by atoms with Crippen molar-refractivity contribution in [2.24, 2.45) is 0 Å². The van der Waals surface area contributed by atoms with Crippen LogP contribution in [0.1, 0.15) is 10.4 Å². The highest BCUT2D eigenvalue weighted by Crippen LogP contribution is 2.19. The number of carbonyl (C=O) groups is 1. The predicted molar refractivity (Wildman–Crippen MR) is 63.2 cm³/mol. The zero-order valence-corrected chi connectivity index (χ0v) is 10.1. The van der Waals surface area contributed by atoms with Gasteiger partial charge in [-0.3, -0.25) is 0 Å². The van der Waals surface area contributed by atoms with Crippen molar-refractivity contribution in [2.75, 3.05) is 0 Å². The second kappa shape index (κ2) is 4.20. The number of rotatable bonds is 2. The third kappa shape index (κ3) is 1.80. The molecule has 1 aromatic heterocycles. The molecule has 2 aromatic rings. The number of nitrogens with zero attached hydrogens (tertiary/aromatic N) is 2. The number of carboxylic acid groups (broad SMARTS) is 1. The number of carboxylic acids is 1. The molecule has 4 nitrogen and oxygen atoms in total. The van der Waals surface area contributed by atoms with E-state index in [-0.39, 0.29) is 11.3 Å². The fraction of sp³-hybridized carbons (Fsp3) is 0. The lowest BCUT2D eigenvalue weighted by Crippen LogP contribution is -2.04. The van der Waals surface area contributed by atoms with Gasteiger partial charge >= 0.3 is 5.97 Å². The van der Waals surface area contributed by atoms with E-state index in [1.54, 1.807) is 12.1 Å². The maximum absolute atomic E-state index is 13.5. The molecule has 82 valence electrons. The first-order valence-corrected chi connectivity index (χ1v) is 5.41. The fourth-order valence-electron chi connectivity index (χ4n) is 1.27. The lowest BCUT2D eigenvalue weighted by molar-refractivity contribution is 0.0695. The minimum atomic E-state index is -1.08. The highest BCUT2D eigenvalue weighted by molar-refractivity contribution is 14.1. The second-order valence-electron chi connectivity index (χ2n) is 3.02. The Bertz CT molecular complexity index is 554. The van der Waals surface area contributed by atoms with E-state index in [1.165, 1.54) is 23.0 Å². The Hall–Kier alpha value is -1.44. The number of hydrogen-bond acceptors (Lipinski definition) is 2. The van der Waals surface area contributed by atoms with Crippen LogP contribution in [0.25, 0.3) is 5.69 Å². The molecule has 0 saturated heterocycles. The zero-order chi connectivity index (χ0) is 11.7. The summed E-state index contributed by atoms with van der Waals surface area (Å²) in [7, 11) is 0. The van der Waals surface area contributed by atoms with E-state index in [1.807, 2.05) is 22.6 Å². The highest BCUT2D eigenvalue weighted by atomic mass is 127. The van der Waals surface area contributed by atoms with Crippen molar-refractivity contribution >= 4 is 28.6 Å². The smallest absolute Gasteiger partial charge is 0.340 e. The molecule has 0 amide bonds. The van der Waals surface area contributed by atoms with E-state index in [9.17, 15) is 9.18 Å². The summed E-state index contributed by atoms with van der Waals surface area (Å²) in [5, 5.41) is 12.7. The van der Waals surface area contributed by atoms with E-state index in [4.69, 9.17) is 5.11 Å². The van der Waals surface area contributed by atoms with E-state index in [0.717, 1.165) is 0 Å². The molecule has 16 heavy (non-hydrogen) atoms. The first kappa shape index (κ1) is 11.1. The predicted octanol–water partition coefficient (Wildman–Crippen LogP) is 2.31. The molecular formula is C10H6FIN2O2. The molecule has 1 N–H and O–H groups in total. The molecular weight excluding hydrogens is 326 g/mol. The molecule has 6 heteroatoms. The summed E-state index contributed by atoms with van der Waals surface area (Å²) in [4.78, 5) is 10.8. The largest absolute Gasteiger partial charge is 0.478 e. The quantitative estimate of drug-likeness (QED) is 0.859. The fourth-order valence-corrected chi connectivity index (χ4v) is 2.02. The molecule has 1 aromatic carbocycles. The lowest BCUT2D eigenvalue weighted by atomic mass is 10.3. The molecule has 0 atom stereocenters. The van der Waals surface area contributed by atoms with Crippen molar-refractivity contribution in [3.63, 3.8) is 0 Å². The van der Waals surface area contributed by atoms with Gasteiger partial charge in [0, 0.05) is 0 Å². The van der Waals surface area contributed by atoms with Crippen LogP contribution in [-0.2, 0) is 0 Å². The zero-order valence-electron chi connectivity index (χ0n) is 7.89. The minimum Gasteiger partial charge on any atom is -0.478 e. The van der Waals surface area contributed by atoms with Crippen LogP contribution in [0.4, 0.5) is 4.39 Å². The molecule has 0 spiro atoms. The third-order valence-corrected chi connectivity index (χ3v) is 3.06. The Morgan fingerprint density at radius 2 is 2.12 bits per heavy atom. The maximum Gasteiger partial charge on any atom is 0.340 e. The van der Waals surface area contributed by atoms with Crippen LogP contribution in [0, 0.1) is 9.52 Å². The second-order valence-corrected chi connectivity index (χ2v) is 4.04. The van der Waals surface area contributed by atoms with Crippen LogP contribution in [0.2, 0.25) is 0 Å². The van der Waals surface area contributed by atoms with Crippen molar-refractivity contribution in [1.82, 2.24) is 9.78 Å². The van der Waals surface area contributed by atoms with Gasteiger partial charge < -0.3 is 5.11 Å². The van der Waals surface area contributed by atoms with Gasteiger partial charge in [-0.05, 0) is 34.7 Å². The van der Waals surface area contributed by atoms with Crippen LogP contribution in [-0.4, -0.2) is 20.9 Å². The first-order valence-electron chi connectivity index (χ1n) is 4.33. The first-order chi connectivity index (χ1) is 7.61. The number of aromatic nitrogens is 2. The van der Waals surface area contributed by atoms with Crippen molar-refractivity contribution in [2.45, 2.75) is 0 Å². The van der Waals surface area contributed by atoms with Gasteiger partial charge in [-0.25, -0.2) is 13.9 Å². The molecule has 0 unspecified atom stereocenters. The van der Waals surface area contributed by atoms with Gasteiger partial charge in [-0.1, -0.05) is 12.1 Å². The Morgan fingerprint density at radius 1 is 1.44 bits per heavy atom. The topological polar surface area (TPSA) is 55.1 Å². The molecule has 0 radical (unpaired) electrons. The summed E-state index contributed by atoms with van der Waals surface area (Å²) < 4.78 is 15.1. The maximum atomic E-state index is 13.5.